The number of rotatable bonds is 7. The van der Waals surface area contributed by atoms with Crippen molar-refractivity contribution in [2.24, 2.45) is 0 Å². The minimum Gasteiger partial charge on any atom is -0.464 e. The zero-order valence-corrected chi connectivity index (χ0v) is 15.0. The van der Waals surface area contributed by atoms with Gasteiger partial charge in [-0.3, -0.25) is 0 Å². The molecule has 2 N–H and O–H groups in total. The van der Waals surface area contributed by atoms with Crippen LogP contribution in [0.5, 0.6) is 0 Å². The standard InChI is InChI=1S/C19H20N2OS2/c1-3-15(4-1)20-12-14-6-7-18(21-24-16-8-10-23-13-16)17(11-14)19-5-2-9-22-19/h2,5-11,13,15,20-21H,1,3-4,12H2. The van der Waals surface area contributed by atoms with E-state index in [9.17, 15) is 0 Å². The van der Waals surface area contributed by atoms with Crippen LogP contribution in [0, 0.1) is 0 Å². The van der Waals surface area contributed by atoms with Crippen molar-refractivity contribution in [2.45, 2.75) is 36.7 Å². The summed E-state index contributed by atoms with van der Waals surface area (Å²) in [6.45, 7) is 0.913. The molecule has 3 aromatic rings. The topological polar surface area (TPSA) is 37.2 Å². The third-order valence-electron chi connectivity index (χ3n) is 4.34. The Morgan fingerprint density at radius 3 is 2.88 bits per heavy atom. The van der Waals surface area contributed by atoms with Gasteiger partial charge < -0.3 is 14.5 Å². The Labute approximate surface area is 150 Å². The monoisotopic (exact) mass is 356 g/mol. The first-order valence-corrected chi connectivity index (χ1v) is 10.00. The lowest BCUT2D eigenvalue weighted by Gasteiger charge is -2.26. The van der Waals surface area contributed by atoms with Crippen molar-refractivity contribution in [3.8, 4) is 11.3 Å². The zero-order valence-electron chi connectivity index (χ0n) is 13.3. The van der Waals surface area contributed by atoms with Gasteiger partial charge in [0.2, 0.25) is 0 Å². The van der Waals surface area contributed by atoms with E-state index in [1.165, 1.54) is 29.7 Å². The lowest BCUT2D eigenvalue weighted by Crippen LogP contribution is -2.34. The second-order valence-corrected chi connectivity index (χ2v) is 7.69. The quantitative estimate of drug-likeness (QED) is 0.527. The second-order valence-electron chi connectivity index (χ2n) is 6.03. The molecule has 2 heterocycles. The van der Waals surface area contributed by atoms with Gasteiger partial charge in [0, 0.05) is 28.4 Å². The molecule has 2 aromatic heterocycles. The Kier molecular flexibility index (Phi) is 4.92. The Bertz CT molecular complexity index is 765. The average molecular weight is 357 g/mol. The van der Waals surface area contributed by atoms with Crippen molar-refractivity contribution in [1.82, 2.24) is 5.32 Å². The van der Waals surface area contributed by atoms with E-state index in [-0.39, 0.29) is 0 Å². The number of hydrogen-bond acceptors (Lipinski definition) is 5. The third kappa shape index (κ3) is 3.69. The van der Waals surface area contributed by atoms with E-state index in [2.05, 4.69) is 45.1 Å². The molecule has 0 spiro atoms. The zero-order chi connectivity index (χ0) is 16.2. The SMILES string of the molecule is c1coc(-c2cc(CNC3CCC3)ccc2NSc2ccsc2)c1. The molecular weight excluding hydrogens is 336 g/mol. The van der Waals surface area contributed by atoms with Crippen LogP contribution in [0.1, 0.15) is 24.8 Å². The summed E-state index contributed by atoms with van der Waals surface area (Å²) in [5.74, 6) is 0.897. The van der Waals surface area contributed by atoms with Crippen molar-refractivity contribution >= 4 is 29.0 Å². The van der Waals surface area contributed by atoms with Crippen molar-refractivity contribution < 1.29 is 4.42 Å². The third-order valence-corrected chi connectivity index (χ3v) is 5.99. The summed E-state index contributed by atoms with van der Waals surface area (Å²) in [4.78, 5) is 1.22. The van der Waals surface area contributed by atoms with E-state index in [4.69, 9.17) is 4.42 Å². The molecule has 124 valence electrons. The van der Waals surface area contributed by atoms with Crippen molar-refractivity contribution in [3.63, 3.8) is 0 Å². The molecule has 0 bridgehead atoms. The van der Waals surface area contributed by atoms with Gasteiger partial charge in [-0.15, -0.1) is 0 Å². The van der Waals surface area contributed by atoms with Crippen LogP contribution in [-0.4, -0.2) is 6.04 Å². The Morgan fingerprint density at radius 2 is 2.17 bits per heavy atom. The van der Waals surface area contributed by atoms with Crippen molar-refractivity contribution in [1.29, 1.82) is 0 Å². The Morgan fingerprint density at radius 1 is 1.21 bits per heavy atom. The van der Waals surface area contributed by atoms with Gasteiger partial charge in [-0.1, -0.05) is 12.5 Å². The van der Waals surface area contributed by atoms with Crippen LogP contribution in [-0.2, 0) is 6.54 Å². The van der Waals surface area contributed by atoms with Crippen LogP contribution in [0.4, 0.5) is 5.69 Å². The van der Waals surface area contributed by atoms with Gasteiger partial charge in [0.05, 0.1) is 12.0 Å². The number of benzene rings is 1. The molecule has 1 aliphatic carbocycles. The van der Waals surface area contributed by atoms with E-state index in [1.807, 2.05) is 12.1 Å². The van der Waals surface area contributed by atoms with E-state index >= 15 is 0 Å². The molecule has 1 aromatic carbocycles. The lowest BCUT2D eigenvalue weighted by atomic mass is 9.93. The maximum atomic E-state index is 5.64. The summed E-state index contributed by atoms with van der Waals surface area (Å²) in [6, 6.07) is 13.3. The highest BCUT2D eigenvalue weighted by molar-refractivity contribution is 8.00. The highest BCUT2D eigenvalue weighted by atomic mass is 32.2. The first-order chi connectivity index (χ1) is 11.9. The fourth-order valence-corrected chi connectivity index (χ4v) is 4.23. The molecule has 0 atom stereocenters. The molecular formula is C19H20N2OS2. The summed E-state index contributed by atoms with van der Waals surface area (Å²) < 4.78 is 9.10. The van der Waals surface area contributed by atoms with Crippen molar-refractivity contribution in [3.05, 3.63) is 59.0 Å². The molecule has 0 amide bonds. The fraction of sp³-hybridized carbons (Fsp3) is 0.263. The number of nitrogens with one attached hydrogen (secondary N) is 2. The minimum atomic E-state index is 0.698. The van der Waals surface area contributed by atoms with Gasteiger partial charge in [-0.25, -0.2) is 0 Å². The molecule has 1 fully saturated rings. The van der Waals surface area contributed by atoms with E-state index in [0.717, 1.165) is 23.6 Å². The van der Waals surface area contributed by atoms with Crippen LogP contribution >= 0.6 is 23.3 Å². The first kappa shape index (κ1) is 15.8. The van der Waals surface area contributed by atoms with E-state index < -0.39 is 0 Å². The predicted octanol–water partition coefficient (Wildman–Crippen LogP) is 5.77. The summed E-state index contributed by atoms with van der Waals surface area (Å²) in [6.07, 6.45) is 5.70. The van der Waals surface area contributed by atoms with E-state index in [1.54, 1.807) is 29.5 Å². The molecule has 0 aliphatic heterocycles. The maximum Gasteiger partial charge on any atom is 0.135 e. The summed E-state index contributed by atoms with van der Waals surface area (Å²) in [7, 11) is 0. The van der Waals surface area contributed by atoms with Crippen LogP contribution in [0.2, 0.25) is 0 Å². The van der Waals surface area contributed by atoms with Gasteiger partial charge >= 0.3 is 0 Å². The highest BCUT2D eigenvalue weighted by Crippen LogP contribution is 2.33. The molecule has 0 saturated heterocycles. The number of furan rings is 1. The number of thiophene rings is 1. The summed E-state index contributed by atoms with van der Waals surface area (Å²) >= 11 is 3.34. The normalized spacial score (nSPS) is 14.5. The molecule has 4 rings (SSSR count). The van der Waals surface area contributed by atoms with Crippen molar-refractivity contribution in [2.75, 3.05) is 4.72 Å². The van der Waals surface area contributed by atoms with Gasteiger partial charge in [-0.2, -0.15) is 11.3 Å². The second kappa shape index (κ2) is 7.47. The van der Waals surface area contributed by atoms with Gasteiger partial charge in [0.15, 0.2) is 0 Å². The smallest absolute Gasteiger partial charge is 0.135 e. The molecule has 5 heteroatoms. The Balaban J connectivity index is 1.52. The molecule has 1 aliphatic rings. The average Bonchev–Trinajstić information content (AvgIpc) is 3.25. The highest BCUT2D eigenvalue weighted by Gasteiger charge is 2.16. The largest absolute Gasteiger partial charge is 0.464 e. The summed E-state index contributed by atoms with van der Waals surface area (Å²) in [5.41, 5.74) is 3.48. The Hall–Kier alpha value is -1.69. The number of hydrogen-bond donors (Lipinski definition) is 2. The lowest BCUT2D eigenvalue weighted by molar-refractivity contribution is 0.338. The van der Waals surface area contributed by atoms with Gasteiger partial charge in [0.25, 0.3) is 0 Å². The van der Waals surface area contributed by atoms with E-state index in [0.29, 0.717) is 6.04 Å². The van der Waals surface area contributed by atoms with Gasteiger partial charge in [-0.05, 0) is 66.1 Å². The summed E-state index contributed by atoms with van der Waals surface area (Å²) in [5, 5.41) is 7.86. The fourth-order valence-electron chi connectivity index (χ4n) is 2.72. The van der Waals surface area contributed by atoms with Crippen LogP contribution in [0.3, 0.4) is 0 Å². The van der Waals surface area contributed by atoms with Crippen LogP contribution in [0.15, 0.2) is 62.7 Å². The van der Waals surface area contributed by atoms with Gasteiger partial charge in [0.1, 0.15) is 5.76 Å². The van der Waals surface area contributed by atoms with Crippen LogP contribution < -0.4 is 10.0 Å². The van der Waals surface area contributed by atoms with Crippen LogP contribution in [0.25, 0.3) is 11.3 Å². The predicted molar refractivity (Wildman–Crippen MR) is 102 cm³/mol. The molecule has 1 saturated carbocycles. The number of anilines is 1. The molecule has 24 heavy (non-hydrogen) atoms. The molecule has 0 unspecified atom stereocenters. The molecule has 3 nitrogen and oxygen atoms in total. The minimum absolute atomic E-state index is 0.698. The first-order valence-electron chi connectivity index (χ1n) is 8.24. The molecule has 0 radical (unpaired) electrons. The maximum absolute atomic E-state index is 5.64.